The smallest absolute Gasteiger partial charge is 0.276 e. The number of carbonyl (C=O) groups is 1. The molecule has 2 aromatic heterocycles. The molecule has 1 aliphatic heterocycles. The maximum Gasteiger partial charge on any atom is 0.276 e. The van der Waals surface area contributed by atoms with Gasteiger partial charge >= 0.3 is 0 Å². The molecule has 6 heteroatoms. The number of aromatic nitrogens is 2. The van der Waals surface area contributed by atoms with Crippen molar-refractivity contribution < 1.29 is 13.6 Å². The summed E-state index contributed by atoms with van der Waals surface area (Å²) >= 11 is 0. The van der Waals surface area contributed by atoms with Gasteiger partial charge in [0.2, 0.25) is 0 Å². The molecule has 0 N–H and O–H groups in total. The van der Waals surface area contributed by atoms with Gasteiger partial charge in [0, 0.05) is 25.6 Å². The van der Waals surface area contributed by atoms with Crippen molar-refractivity contribution in [3.8, 4) is 0 Å². The molecule has 1 atom stereocenters. The van der Waals surface area contributed by atoms with Gasteiger partial charge in [-0.3, -0.25) is 9.78 Å². The van der Waals surface area contributed by atoms with Crippen molar-refractivity contribution in [3.05, 3.63) is 83.1 Å². The molecule has 138 valence electrons. The number of pyridine rings is 1. The number of oxazole rings is 1. The van der Waals surface area contributed by atoms with E-state index in [2.05, 4.69) is 4.98 Å². The molecule has 1 amide bonds. The van der Waals surface area contributed by atoms with Crippen LogP contribution in [-0.4, -0.2) is 27.3 Å². The standard InChI is InChI=1S/C21H20FN3O2/c1-14-23-19(13-27-14)21(26)25-10-4-9-20(25)18-8-3-7-17(24-18)12-15-5-2-6-16(22)11-15/h2-3,5-8,11,13,20H,4,9-10,12H2,1H3/t20-/m0/s1. The first-order valence-electron chi connectivity index (χ1n) is 9.03. The topological polar surface area (TPSA) is 59.2 Å². The first kappa shape index (κ1) is 17.4. The predicted octanol–water partition coefficient (Wildman–Crippen LogP) is 4.09. The van der Waals surface area contributed by atoms with E-state index in [4.69, 9.17) is 9.40 Å². The lowest BCUT2D eigenvalue weighted by Gasteiger charge is -2.23. The van der Waals surface area contributed by atoms with Crippen LogP contribution in [0.3, 0.4) is 0 Å². The molecule has 0 radical (unpaired) electrons. The summed E-state index contributed by atoms with van der Waals surface area (Å²) in [6.45, 7) is 2.39. The normalized spacial score (nSPS) is 16.7. The highest BCUT2D eigenvalue weighted by Crippen LogP contribution is 2.32. The highest BCUT2D eigenvalue weighted by atomic mass is 19.1. The van der Waals surface area contributed by atoms with Crippen LogP contribution in [0, 0.1) is 12.7 Å². The SMILES string of the molecule is Cc1nc(C(=O)N2CCC[C@H]2c2cccc(Cc3cccc(F)c3)n2)co1. The number of hydrogen-bond acceptors (Lipinski definition) is 4. The fraction of sp³-hybridized carbons (Fsp3) is 0.286. The Morgan fingerprint density at radius 2 is 2.11 bits per heavy atom. The van der Waals surface area contributed by atoms with Crippen molar-refractivity contribution in [3.63, 3.8) is 0 Å². The van der Waals surface area contributed by atoms with Gasteiger partial charge in [0.15, 0.2) is 11.6 Å². The molecule has 4 rings (SSSR count). The van der Waals surface area contributed by atoms with Gasteiger partial charge in [-0.2, -0.15) is 0 Å². The summed E-state index contributed by atoms with van der Waals surface area (Å²) in [6, 6.07) is 12.3. The average Bonchev–Trinajstić information content (AvgIpc) is 3.30. The van der Waals surface area contributed by atoms with Gasteiger partial charge in [0.25, 0.3) is 5.91 Å². The van der Waals surface area contributed by atoms with Crippen LogP contribution >= 0.6 is 0 Å². The van der Waals surface area contributed by atoms with Crippen molar-refractivity contribution >= 4 is 5.91 Å². The molecule has 0 aliphatic carbocycles. The summed E-state index contributed by atoms with van der Waals surface area (Å²) < 4.78 is 18.6. The quantitative estimate of drug-likeness (QED) is 0.699. The van der Waals surface area contributed by atoms with E-state index in [-0.39, 0.29) is 17.8 Å². The van der Waals surface area contributed by atoms with Crippen LogP contribution in [0.15, 0.2) is 53.1 Å². The number of aryl methyl sites for hydroxylation is 1. The molecule has 0 spiro atoms. The number of rotatable bonds is 4. The summed E-state index contributed by atoms with van der Waals surface area (Å²) in [5, 5.41) is 0. The Morgan fingerprint density at radius 3 is 2.89 bits per heavy atom. The number of nitrogens with zero attached hydrogens (tertiary/aromatic N) is 3. The first-order valence-corrected chi connectivity index (χ1v) is 9.03. The van der Waals surface area contributed by atoms with Crippen LogP contribution in [-0.2, 0) is 6.42 Å². The third-order valence-electron chi connectivity index (χ3n) is 4.80. The minimum Gasteiger partial charge on any atom is -0.448 e. The van der Waals surface area contributed by atoms with E-state index >= 15 is 0 Å². The summed E-state index contributed by atoms with van der Waals surface area (Å²) in [5.41, 5.74) is 2.91. The Labute approximate surface area is 156 Å². The molecular formula is C21H20FN3O2. The third-order valence-corrected chi connectivity index (χ3v) is 4.80. The van der Waals surface area contributed by atoms with Gasteiger partial charge < -0.3 is 9.32 Å². The lowest BCUT2D eigenvalue weighted by Crippen LogP contribution is -2.31. The molecule has 27 heavy (non-hydrogen) atoms. The van der Waals surface area contributed by atoms with E-state index < -0.39 is 0 Å². The minimum atomic E-state index is -0.251. The lowest BCUT2D eigenvalue weighted by atomic mass is 10.1. The largest absolute Gasteiger partial charge is 0.448 e. The Hall–Kier alpha value is -3.02. The average molecular weight is 365 g/mol. The zero-order chi connectivity index (χ0) is 18.8. The van der Waals surface area contributed by atoms with Crippen LogP contribution in [0.25, 0.3) is 0 Å². The Bertz CT molecular complexity index is 969. The zero-order valence-corrected chi connectivity index (χ0v) is 15.1. The maximum absolute atomic E-state index is 13.4. The van der Waals surface area contributed by atoms with Crippen molar-refractivity contribution in [1.82, 2.24) is 14.9 Å². The molecule has 1 aliphatic rings. The monoisotopic (exact) mass is 365 g/mol. The first-order chi connectivity index (χ1) is 13.1. The predicted molar refractivity (Wildman–Crippen MR) is 97.7 cm³/mol. The zero-order valence-electron chi connectivity index (χ0n) is 15.1. The van der Waals surface area contributed by atoms with Gasteiger partial charge in [0.05, 0.1) is 11.7 Å². The van der Waals surface area contributed by atoms with Crippen LogP contribution in [0.1, 0.15) is 52.2 Å². The van der Waals surface area contributed by atoms with Gasteiger partial charge in [0.1, 0.15) is 12.1 Å². The Kier molecular flexibility index (Phi) is 4.71. The number of carbonyl (C=O) groups excluding carboxylic acids is 1. The Morgan fingerprint density at radius 1 is 1.26 bits per heavy atom. The second-order valence-corrected chi connectivity index (χ2v) is 6.77. The van der Waals surface area contributed by atoms with Crippen molar-refractivity contribution in [1.29, 1.82) is 0 Å². The summed E-state index contributed by atoms with van der Waals surface area (Å²) in [4.78, 5) is 23.5. The molecule has 3 aromatic rings. The Balaban J connectivity index is 1.56. The summed E-state index contributed by atoms with van der Waals surface area (Å²) in [5.74, 6) is 0.0927. The minimum absolute atomic E-state index is 0.0815. The fourth-order valence-corrected chi connectivity index (χ4v) is 3.56. The van der Waals surface area contributed by atoms with Crippen LogP contribution in [0.4, 0.5) is 4.39 Å². The van der Waals surface area contributed by atoms with Gasteiger partial charge in [-0.25, -0.2) is 9.37 Å². The molecule has 1 fully saturated rings. The van der Waals surface area contributed by atoms with Crippen LogP contribution in [0.5, 0.6) is 0 Å². The number of likely N-dealkylation sites (tertiary alicyclic amines) is 1. The molecule has 0 unspecified atom stereocenters. The molecular weight excluding hydrogens is 345 g/mol. The molecule has 0 saturated carbocycles. The van der Waals surface area contributed by atoms with Crippen LogP contribution in [0.2, 0.25) is 0 Å². The highest BCUT2D eigenvalue weighted by Gasteiger charge is 2.32. The number of halogens is 1. The maximum atomic E-state index is 13.4. The van der Waals surface area contributed by atoms with Gasteiger partial charge in [-0.15, -0.1) is 0 Å². The van der Waals surface area contributed by atoms with E-state index in [0.717, 1.165) is 29.8 Å². The summed E-state index contributed by atoms with van der Waals surface area (Å²) in [7, 11) is 0. The van der Waals surface area contributed by atoms with E-state index in [9.17, 15) is 9.18 Å². The molecule has 1 saturated heterocycles. The second kappa shape index (κ2) is 7.31. The molecule has 5 nitrogen and oxygen atoms in total. The highest BCUT2D eigenvalue weighted by molar-refractivity contribution is 5.92. The number of benzene rings is 1. The van der Waals surface area contributed by atoms with Crippen molar-refractivity contribution in [2.75, 3.05) is 6.54 Å². The molecule has 1 aromatic carbocycles. The van der Waals surface area contributed by atoms with Crippen molar-refractivity contribution in [2.45, 2.75) is 32.2 Å². The second-order valence-electron chi connectivity index (χ2n) is 6.77. The molecule has 0 bridgehead atoms. The van der Waals surface area contributed by atoms with E-state index in [1.165, 1.54) is 18.4 Å². The van der Waals surface area contributed by atoms with E-state index in [0.29, 0.717) is 24.6 Å². The third kappa shape index (κ3) is 3.74. The van der Waals surface area contributed by atoms with E-state index in [1.54, 1.807) is 13.0 Å². The molecule has 3 heterocycles. The number of amides is 1. The lowest BCUT2D eigenvalue weighted by molar-refractivity contribution is 0.0726. The van der Waals surface area contributed by atoms with Gasteiger partial charge in [-0.05, 0) is 42.7 Å². The van der Waals surface area contributed by atoms with Crippen molar-refractivity contribution in [2.24, 2.45) is 0 Å². The van der Waals surface area contributed by atoms with Crippen LogP contribution < -0.4 is 0 Å². The van der Waals surface area contributed by atoms with E-state index in [1.807, 2.05) is 29.2 Å². The number of hydrogen-bond donors (Lipinski definition) is 0. The summed E-state index contributed by atoms with van der Waals surface area (Å²) in [6.07, 6.45) is 3.73. The fourth-order valence-electron chi connectivity index (χ4n) is 3.56. The van der Waals surface area contributed by atoms with Gasteiger partial charge in [-0.1, -0.05) is 18.2 Å².